The van der Waals surface area contributed by atoms with Crippen molar-refractivity contribution >= 4 is 15.9 Å². The molecule has 0 radical (unpaired) electrons. The molecule has 0 unspecified atom stereocenters. The molecule has 5 aromatic rings. The lowest BCUT2D eigenvalue weighted by Gasteiger charge is -2.09. The van der Waals surface area contributed by atoms with Crippen molar-refractivity contribution in [2.75, 3.05) is 0 Å². The van der Waals surface area contributed by atoms with Gasteiger partial charge in [0.2, 0.25) is 0 Å². The number of aromatic nitrogens is 3. The van der Waals surface area contributed by atoms with E-state index in [0.29, 0.717) is 0 Å². The topological polar surface area (TPSA) is 38.7 Å². The average Bonchev–Trinajstić information content (AvgIpc) is 2.86. The molecule has 1 heterocycles. The molecule has 150 valence electrons. The van der Waals surface area contributed by atoms with Gasteiger partial charge in [0.05, 0.1) is 0 Å². The maximum atomic E-state index is 3.56. The Morgan fingerprint density at radius 3 is 1.23 bits per heavy atom. The number of hydrogen-bond donors (Lipinski definition) is 0. The fourth-order valence-corrected chi connectivity index (χ4v) is 3.66. The Kier molecular flexibility index (Phi) is 6.93. The van der Waals surface area contributed by atoms with E-state index in [1.807, 2.05) is 0 Å². The fraction of sp³-hybridized carbons (Fsp3) is 0. The van der Waals surface area contributed by atoms with Crippen LogP contribution in [0.4, 0.5) is 0 Å². The maximum Gasteiger partial charge on any atom is 0.119 e. The molecule has 0 bridgehead atoms. The minimum absolute atomic E-state index is 1.10. The summed E-state index contributed by atoms with van der Waals surface area (Å²) >= 11 is 3.56. The summed E-state index contributed by atoms with van der Waals surface area (Å²) in [4.78, 5) is 10.7. The molecule has 0 amide bonds. The van der Waals surface area contributed by atoms with Crippen LogP contribution in [-0.4, -0.2) is 15.0 Å². The van der Waals surface area contributed by atoms with E-state index in [-0.39, 0.29) is 0 Å². The zero-order valence-electron chi connectivity index (χ0n) is 16.8. The highest BCUT2D eigenvalue weighted by Crippen LogP contribution is 2.30. The molecule has 1 aromatic heterocycles. The lowest BCUT2D eigenvalue weighted by molar-refractivity contribution is 1.05. The smallest absolute Gasteiger partial charge is 0.119 e. The number of rotatable bonds is 3. The van der Waals surface area contributed by atoms with Gasteiger partial charge in [0.25, 0.3) is 0 Å². The summed E-state index contributed by atoms with van der Waals surface area (Å²) in [6, 6.07) is 36.4. The lowest BCUT2D eigenvalue weighted by Crippen LogP contribution is -1.83. The molecule has 31 heavy (non-hydrogen) atoms. The van der Waals surface area contributed by atoms with Gasteiger partial charge < -0.3 is 0 Å². The summed E-state index contributed by atoms with van der Waals surface area (Å²) in [6.07, 6.45) is 4.31. The van der Waals surface area contributed by atoms with Gasteiger partial charge in [-0.3, -0.25) is 0 Å². The van der Waals surface area contributed by atoms with Crippen LogP contribution in [0.2, 0.25) is 0 Å². The number of benzene rings is 4. The van der Waals surface area contributed by atoms with Crippen LogP contribution < -0.4 is 0 Å². The van der Waals surface area contributed by atoms with Crippen molar-refractivity contribution in [3.8, 4) is 33.4 Å². The summed E-state index contributed by atoms with van der Waals surface area (Å²) in [5.41, 5.74) is 7.39. The number of hydrogen-bond acceptors (Lipinski definition) is 3. The number of halogens is 1. The molecule has 3 nitrogen and oxygen atoms in total. The van der Waals surface area contributed by atoms with Crippen LogP contribution >= 0.6 is 15.9 Å². The van der Waals surface area contributed by atoms with Crippen molar-refractivity contribution in [1.82, 2.24) is 15.0 Å². The van der Waals surface area contributed by atoms with Crippen LogP contribution in [0, 0.1) is 0 Å². The van der Waals surface area contributed by atoms with Gasteiger partial charge in [0.1, 0.15) is 19.0 Å². The van der Waals surface area contributed by atoms with Crippen LogP contribution in [0.15, 0.2) is 127 Å². The third-order valence-corrected chi connectivity index (χ3v) is 5.22. The Hall–Kier alpha value is -3.63. The largest absolute Gasteiger partial charge is 0.225 e. The Bertz CT molecular complexity index is 1210. The van der Waals surface area contributed by atoms with E-state index in [1.165, 1.54) is 52.4 Å². The van der Waals surface area contributed by atoms with E-state index in [4.69, 9.17) is 0 Å². The Balaban J connectivity index is 0.000000334. The van der Waals surface area contributed by atoms with Crippen molar-refractivity contribution < 1.29 is 0 Å². The third kappa shape index (κ3) is 5.71. The molecular formula is C27H20BrN3. The first-order chi connectivity index (χ1) is 15.3. The molecular weight excluding hydrogens is 446 g/mol. The first-order valence-electron chi connectivity index (χ1n) is 9.86. The average molecular weight is 466 g/mol. The number of nitrogens with zero attached hydrogens (tertiary/aromatic N) is 3. The lowest BCUT2D eigenvalue weighted by atomic mass is 9.96. The van der Waals surface area contributed by atoms with Gasteiger partial charge in [-0.25, -0.2) is 15.0 Å². The molecule has 4 heteroatoms. The quantitative estimate of drug-likeness (QED) is 0.280. The molecule has 0 fully saturated rings. The van der Waals surface area contributed by atoms with Gasteiger partial charge in [-0.1, -0.05) is 94.8 Å². The van der Waals surface area contributed by atoms with E-state index in [2.05, 4.69) is 134 Å². The van der Waals surface area contributed by atoms with Gasteiger partial charge in [-0.05, 0) is 57.6 Å². The first kappa shape index (κ1) is 20.6. The zero-order chi connectivity index (χ0) is 21.3. The van der Waals surface area contributed by atoms with Gasteiger partial charge in [-0.15, -0.1) is 0 Å². The van der Waals surface area contributed by atoms with Crippen molar-refractivity contribution in [2.24, 2.45) is 0 Å². The molecule has 0 saturated heterocycles. The van der Waals surface area contributed by atoms with E-state index in [1.54, 1.807) is 0 Å². The predicted molar refractivity (Wildman–Crippen MR) is 130 cm³/mol. The molecule has 0 aliphatic carbocycles. The monoisotopic (exact) mass is 465 g/mol. The second-order valence-electron chi connectivity index (χ2n) is 6.83. The first-order valence-corrected chi connectivity index (χ1v) is 10.7. The maximum absolute atomic E-state index is 3.56. The second kappa shape index (κ2) is 10.4. The van der Waals surface area contributed by atoms with Crippen LogP contribution in [0.1, 0.15) is 0 Å². The second-order valence-corrected chi connectivity index (χ2v) is 7.75. The summed E-state index contributed by atoms with van der Waals surface area (Å²) in [5, 5.41) is 0. The Morgan fingerprint density at radius 1 is 0.387 bits per heavy atom. The summed E-state index contributed by atoms with van der Waals surface area (Å²) in [6.45, 7) is 0. The van der Waals surface area contributed by atoms with Crippen LogP contribution in [0.5, 0.6) is 0 Å². The highest BCUT2D eigenvalue weighted by Gasteiger charge is 2.04. The van der Waals surface area contributed by atoms with Gasteiger partial charge in [0, 0.05) is 4.47 Å². The summed E-state index contributed by atoms with van der Waals surface area (Å²) in [5.74, 6) is 0. The Labute approximate surface area is 190 Å². The summed E-state index contributed by atoms with van der Waals surface area (Å²) in [7, 11) is 0. The van der Waals surface area contributed by atoms with E-state index >= 15 is 0 Å². The molecule has 0 N–H and O–H groups in total. The SMILES string of the molecule is Brc1cccc(-c2cccc(-c3cccc(-c4ccccc4)c3)c2)c1.c1ncncn1. The highest BCUT2D eigenvalue weighted by molar-refractivity contribution is 9.10. The van der Waals surface area contributed by atoms with Crippen LogP contribution in [0.25, 0.3) is 33.4 Å². The summed E-state index contributed by atoms with van der Waals surface area (Å²) < 4.78 is 1.10. The van der Waals surface area contributed by atoms with Crippen molar-refractivity contribution in [3.05, 3.63) is 127 Å². The molecule has 5 rings (SSSR count). The van der Waals surface area contributed by atoms with Crippen LogP contribution in [0.3, 0.4) is 0 Å². The zero-order valence-corrected chi connectivity index (χ0v) is 18.4. The normalized spacial score (nSPS) is 10.1. The van der Waals surface area contributed by atoms with Crippen LogP contribution in [-0.2, 0) is 0 Å². The Morgan fingerprint density at radius 2 is 0.774 bits per heavy atom. The molecule has 0 aliphatic rings. The van der Waals surface area contributed by atoms with Crippen molar-refractivity contribution in [1.29, 1.82) is 0 Å². The minimum Gasteiger partial charge on any atom is -0.225 e. The fourth-order valence-electron chi connectivity index (χ4n) is 3.26. The molecule has 4 aromatic carbocycles. The molecule has 0 spiro atoms. The van der Waals surface area contributed by atoms with Gasteiger partial charge in [0.15, 0.2) is 0 Å². The van der Waals surface area contributed by atoms with Crippen molar-refractivity contribution in [3.63, 3.8) is 0 Å². The standard InChI is InChI=1S/C24H17Br.C3H3N3/c25-24-14-6-13-23(17-24)22-12-5-11-21(16-22)20-10-4-9-19(15-20)18-7-2-1-3-8-18;1-4-2-6-3-5-1/h1-17H;1-3H. The van der Waals surface area contributed by atoms with E-state index in [9.17, 15) is 0 Å². The molecule has 0 atom stereocenters. The van der Waals surface area contributed by atoms with E-state index in [0.717, 1.165) is 4.47 Å². The highest BCUT2D eigenvalue weighted by atomic mass is 79.9. The van der Waals surface area contributed by atoms with Gasteiger partial charge in [-0.2, -0.15) is 0 Å². The minimum atomic E-state index is 1.10. The molecule has 0 aliphatic heterocycles. The van der Waals surface area contributed by atoms with E-state index < -0.39 is 0 Å². The molecule has 0 saturated carbocycles. The van der Waals surface area contributed by atoms with Crippen molar-refractivity contribution in [2.45, 2.75) is 0 Å². The predicted octanol–water partition coefficient (Wildman–Crippen LogP) is 7.32. The third-order valence-electron chi connectivity index (χ3n) is 4.72. The van der Waals surface area contributed by atoms with Gasteiger partial charge >= 0.3 is 0 Å².